The average Bonchev–Trinajstić information content (AvgIpc) is 3.05. The van der Waals surface area contributed by atoms with Crippen molar-refractivity contribution in [2.24, 2.45) is 0 Å². The molecular weight excluding hydrogens is 316 g/mol. The molecule has 0 radical (unpaired) electrons. The lowest BCUT2D eigenvalue weighted by atomic mass is 10.1. The molecule has 22 heavy (non-hydrogen) atoms. The normalized spacial score (nSPS) is 17.2. The highest BCUT2D eigenvalue weighted by molar-refractivity contribution is 8.77. The maximum absolute atomic E-state index is 11.9. The van der Waals surface area contributed by atoms with Gasteiger partial charge in [-0.2, -0.15) is 0 Å². The van der Waals surface area contributed by atoms with Crippen LogP contribution in [0.2, 0.25) is 0 Å². The molecule has 1 aromatic rings. The minimum Gasteiger partial charge on any atom is -0.355 e. The molecule has 0 spiro atoms. The van der Waals surface area contributed by atoms with Crippen molar-refractivity contribution >= 4 is 39.1 Å². The molecular formula is C16H22N2O2S2. The van der Waals surface area contributed by atoms with Crippen LogP contribution in [0.25, 0.3) is 0 Å². The molecule has 1 heterocycles. The second-order valence-corrected chi connectivity index (χ2v) is 8.07. The third-order valence-electron chi connectivity index (χ3n) is 3.57. The van der Waals surface area contributed by atoms with Gasteiger partial charge in [-0.25, -0.2) is 0 Å². The quantitative estimate of drug-likeness (QED) is 0.588. The van der Waals surface area contributed by atoms with E-state index in [1.165, 1.54) is 18.6 Å². The van der Waals surface area contributed by atoms with E-state index in [0.29, 0.717) is 12.0 Å². The summed E-state index contributed by atoms with van der Waals surface area (Å²) in [4.78, 5) is 23.3. The van der Waals surface area contributed by atoms with E-state index in [4.69, 9.17) is 0 Å². The third kappa shape index (κ3) is 5.57. The van der Waals surface area contributed by atoms with Gasteiger partial charge in [-0.05, 0) is 43.5 Å². The Hall–Kier alpha value is -1.14. The molecule has 1 aromatic carbocycles. The van der Waals surface area contributed by atoms with E-state index in [-0.39, 0.29) is 11.8 Å². The fourth-order valence-corrected chi connectivity index (χ4v) is 5.32. The number of hydrogen-bond donors (Lipinski definition) is 2. The van der Waals surface area contributed by atoms with Crippen molar-refractivity contribution in [1.29, 1.82) is 0 Å². The molecule has 1 saturated heterocycles. The highest BCUT2D eigenvalue weighted by atomic mass is 33.1. The number of carbonyl (C=O) groups is 2. The first-order chi connectivity index (χ1) is 10.7. The maximum Gasteiger partial charge on any atom is 0.251 e. The Bertz CT molecular complexity index is 499. The SMILES string of the molecule is CNC(=O)c1ccc(NC(=O)CCCC[C@H]2CCSS2)cc1. The Morgan fingerprint density at radius 2 is 2.00 bits per heavy atom. The molecule has 1 aliphatic rings. The van der Waals surface area contributed by atoms with Crippen LogP contribution in [-0.2, 0) is 4.79 Å². The van der Waals surface area contributed by atoms with Crippen molar-refractivity contribution in [2.45, 2.75) is 37.4 Å². The number of unbranched alkanes of at least 4 members (excludes halogenated alkanes) is 1. The molecule has 0 aromatic heterocycles. The standard InChI is InChI=1S/C16H22N2O2S2/c1-17-16(20)12-6-8-13(9-7-12)18-15(19)5-3-2-4-14-10-11-21-22-14/h6-9,14H,2-5,10-11H2,1H3,(H,17,20)(H,18,19)/t14-/m0/s1. The molecule has 120 valence electrons. The van der Waals surface area contributed by atoms with Gasteiger partial charge >= 0.3 is 0 Å². The monoisotopic (exact) mass is 338 g/mol. The number of nitrogens with one attached hydrogen (secondary N) is 2. The van der Waals surface area contributed by atoms with Crippen LogP contribution in [0.1, 0.15) is 42.5 Å². The molecule has 2 amide bonds. The number of anilines is 1. The van der Waals surface area contributed by atoms with Crippen LogP contribution in [-0.4, -0.2) is 29.9 Å². The fraction of sp³-hybridized carbons (Fsp3) is 0.500. The highest BCUT2D eigenvalue weighted by Gasteiger charge is 2.15. The Morgan fingerprint density at radius 3 is 2.64 bits per heavy atom. The molecule has 2 rings (SSSR count). The molecule has 0 unspecified atom stereocenters. The van der Waals surface area contributed by atoms with Gasteiger partial charge in [0.1, 0.15) is 0 Å². The van der Waals surface area contributed by atoms with Gasteiger partial charge in [0.25, 0.3) is 5.91 Å². The summed E-state index contributed by atoms with van der Waals surface area (Å²) < 4.78 is 0. The zero-order valence-corrected chi connectivity index (χ0v) is 14.4. The minimum absolute atomic E-state index is 0.0427. The number of benzene rings is 1. The Labute approximate surface area is 139 Å². The van der Waals surface area contributed by atoms with Crippen molar-refractivity contribution in [1.82, 2.24) is 5.32 Å². The average molecular weight is 338 g/mol. The van der Waals surface area contributed by atoms with Gasteiger partial charge in [0.15, 0.2) is 0 Å². The number of amides is 2. The first kappa shape index (κ1) is 17.2. The van der Waals surface area contributed by atoms with Crippen LogP contribution in [0.3, 0.4) is 0 Å². The summed E-state index contributed by atoms with van der Waals surface area (Å²) in [5.41, 5.74) is 1.33. The smallest absolute Gasteiger partial charge is 0.251 e. The summed E-state index contributed by atoms with van der Waals surface area (Å²) in [6, 6.07) is 6.94. The Balaban J connectivity index is 1.66. The summed E-state index contributed by atoms with van der Waals surface area (Å²) >= 11 is 0. The second kappa shape index (κ2) is 9.10. The third-order valence-corrected chi connectivity index (χ3v) is 6.57. The summed E-state index contributed by atoms with van der Waals surface area (Å²) in [5.74, 6) is 1.18. The number of rotatable bonds is 7. The van der Waals surface area contributed by atoms with E-state index in [1.807, 2.05) is 21.6 Å². The van der Waals surface area contributed by atoms with Gasteiger partial charge in [-0.15, -0.1) is 0 Å². The highest BCUT2D eigenvalue weighted by Crippen LogP contribution is 2.39. The largest absolute Gasteiger partial charge is 0.355 e. The lowest BCUT2D eigenvalue weighted by molar-refractivity contribution is -0.116. The van der Waals surface area contributed by atoms with Gasteiger partial charge in [0.05, 0.1) is 0 Å². The topological polar surface area (TPSA) is 58.2 Å². The van der Waals surface area contributed by atoms with Crippen LogP contribution < -0.4 is 10.6 Å². The first-order valence-corrected chi connectivity index (χ1v) is 9.97. The molecule has 0 saturated carbocycles. The van der Waals surface area contributed by atoms with Gasteiger partial charge in [0, 0.05) is 35.7 Å². The van der Waals surface area contributed by atoms with Crippen LogP contribution >= 0.6 is 21.6 Å². The number of carbonyl (C=O) groups excluding carboxylic acids is 2. The van der Waals surface area contributed by atoms with E-state index in [9.17, 15) is 9.59 Å². The molecule has 0 bridgehead atoms. The summed E-state index contributed by atoms with van der Waals surface area (Å²) in [6.07, 6.45) is 5.12. The molecule has 2 N–H and O–H groups in total. The van der Waals surface area contributed by atoms with Crippen LogP contribution in [0.4, 0.5) is 5.69 Å². The van der Waals surface area contributed by atoms with Crippen molar-refractivity contribution in [2.75, 3.05) is 18.1 Å². The molecule has 1 aliphatic heterocycles. The van der Waals surface area contributed by atoms with Crippen LogP contribution in [0, 0.1) is 0 Å². The molecule has 1 fully saturated rings. The summed E-state index contributed by atoms with van der Waals surface area (Å²) in [6.45, 7) is 0. The summed E-state index contributed by atoms with van der Waals surface area (Å²) in [7, 11) is 5.55. The zero-order chi connectivity index (χ0) is 15.8. The fourth-order valence-electron chi connectivity index (χ4n) is 2.29. The Morgan fingerprint density at radius 1 is 1.23 bits per heavy atom. The van der Waals surface area contributed by atoms with E-state index in [2.05, 4.69) is 10.6 Å². The van der Waals surface area contributed by atoms with E-state index in [1.54, 1.807) is 31.3 Å². The van der Waals surface area contributed by atoms with Gasteiger partial charge in [0.2, 0.25) is 5.91 Å². The lowest BCUT2D eigenvalue weighted by Gasteiger charge is -2.08. The molecule has 1 atom stereocenters. The summed E-state index contributed by atoms with van der Waals surface area (Å²) in [5, 5.41) is 6.23. The lowest BCUT2D eigenvalue weighted by Crippen LogP contribution is -2.17. The second-order valence-electron chi connectivity index (χ2n) is 5.28. The van der Waals surface area contributed by atoms with Crippen molar-refractivity contribution in [3.63, 3.8) is 0 Å². The molecule has 4 nitrogen and oxygen atoms in total. The van der Waals surface area contributed by atoms with Crippen molar-refractivity contribution < 1.29 is 9.59 Å². The predicted octanol–water partition coefficient (Wildman–Crippen LogP) is 3.70. The van der Waals surface area contributed by atoms with Crippen LogP contribution in [0.5, 0.6) is 0 Å². The van der Waals surface area contributed by atoms with Crippen molar-refractivity contribution in [3.8, 4) is 0 Å². The van der Waals surface area contributed by atoms with Gasteiger partial charge in [-0.3, -0.25) is 9.59 Å². The van der Waals surface area contributed by atoms with Gasteiger partial charge in [-0.1, -0.05) is 28.0 Å². The number of hydrogen-bond acceptors (Lipinski definition) is 4. The van der Waals surface area contributed by atoms with E-state index >= 15 is 0 Å². The zero-order valence-electron chi connectivity index (χ0n) is 12.8. The van der Waals surface area contributed by atoms with E-state index in [0.717, 1.165) is 23.8 Å². The predicted molar refractivity (Wildman–Crippen MR) is 95.4 cm³/mol. The van der Waals surface area contributed by atoms with Crippen molar-refractivity contribution in [3.05, 3.63) is 29.8 Å². The molecule has 6 heteroatoms. The maximum atomic E-state index is 11.9. The van der Waals surface area contributed by atoms with E-state index < -0.39 is 0 Å². The van der Waals surface area contributed by atoms with Gasteiger partial charge < -0.3 is 10.6 Å². The Kier molecular flexibility index (Phi) is 7.12. The van der Waals surface area contributed by atoms with Crippen LogP contribution in [0.15, 0.2) is 24.3 Å². The molecule has 0 aliphatic carbocycles. The first-order valence-electron chi connectivity index (χ1n) is 7.59. The minimum atomic E-state index is -0.124.